The average molecular weight is 262 g/mol. The van der Waals surface area contributed by atoms with E-state index in [-0.39, 0.29) is 30.5 Å². The lowest BCUT2D eigenvalue weighted by Gasteiger charge is -2.18. The SMILES string of the molecule is COC(=O)CCNC(=O)NC1(c2ccccc2)CC1. The third kappa shape index (κ3) is 3.47. The van der Waals surface area contributed by atoms with Crippen LogP contribution in [0.3, 0.4) is 0 Å². The number of benzene rings is 1. The highest BCUT2D eigenvalue weighted by Gasteiger charge is 2.45. The zero-order valence-corrected chi connectivity index (χ0v) is 10.9. The topological polar surface area (TPSA) is 67.4 Å². The number of amides is 2. The Balaban J connectivity index is 1.81. The lowest BCUT2D eigenvalue weighted by molar-refractivity contribution is -0.140. The average Bonchev–Trinajstić information content (AvgIpc) is 3.20. The molecule has 102 valence electrons. The zero-order valence-electron chi connectivity index (χ0n) is 10.9. The van der Waals surface area contributed by atoms with Crippen molar-refractivity contribution < 1.29 is 14.3 Å². The Morgan fingerprint density at radius 1 is 1.26 bits per heavy atom. The highest BCUT2D eigenvalue weighted by atomic mass is 16.5. The summed E-state index contributed by atoms with van der Waals surface area (Å²) in [7, 11) is 1.33. The number of nitrogens with one attached hydrogen (secondary N) is 2. The smallest absolute Gasteiger partial charge is 0.315 e. The molecular weight excluding hydrogens is 244 g/mol. The van der Waals surface area contributed by atoms with Crippen LogP contribution in [0.15, 0.2) is 30.3 Å². The van der Waals surface area contributed by atoms with Crippen LogP contribution in [0.25, 0.3) is 0 Å². The first-order chi connectivity index (χ1) is 9.16. The number of ether oxygens (including phenoxy) is 1. The van der Waals surface area contributed by atoms with Crippen molar-refractivity contribution in [2.45, 2.75) is 24.8 Å². The summed E-state index contributed by atoms with van der Waals surface area (Å²) in [6.45, 7) is 0.281. The fourth-order valence-corrected chi connectivity index (χ4v) is 2.01. The van der Waals surface area contributed by atoms with E-state index in [0.29, 0.717) is 0 Å². The van der Waals surface area contributed by atoms with Gasteiger partial charge in [-0.3, -0.25) is 4.79 Å². The fourth-order valence-electron chi connectivity index (χ4n) is 2.01. The van der Waals surface area contributed by atoms with Crippen LogP contribution in [0.5, 0.6) is 0 Å². The zero-order chi connectivity index (χ0) is 13.7. The predicted octanol–water partition coefficient (Wildman–Crippen LogP) is 1.54. The Hall–Kier alpha value is -2.04. The molecule has 0 radical (unpaired) electrons. The van der Waals surface area contributed by atoms with Crippen LogP contribution < -0.4 is 10.6 Å². The highest BCUT2D eigenvalue weighted by molar-refractivity contribution is 5.76. The summed E-state index contributed by atoms with van der Waals surface area (Å²) < 4.78 is 4.50. The van der Waals surface area contributed by atoms with Gasteiger partial charge in [0.2, 0.25) is 0 Å². The van der Waals surface area contributed by atoms with Crippen molar-refractivity contribution in [3.8, 4) is 0 Å². The summed E-state index contributed by atoms with van der Waals surface area (Å²) in [5.74, 6) is -0.329. The van der Waals surface area contributed by atoms with E-state index in [1.54, 1.807) is 0 Å². The van der Waals surface area contributed by atoms with Crippen LogP contribution in [0.1, 0.15) is 24.8 Å². The number of urea groups is 1. The summed E-state index contributed by atoms with van der Waals surface area (Å²) >= 11 is 0. The molecule has 0 bridgehead atoms. The van der Waals surface area contributed by atoms with Crippen LogP contribution >= 0.6 is 0 Å². The molecule has 0 aromatic heterocycles. The summed E-state index contributed by atoms with van der Waals surface area (Å²) in [6.07, 6.45) is 2.07. The largest absolute Gasteiger partial charge is 0.469 e. The third-order valence-corrected chi connectivity index (χ3v) is 3.27. The second-order valence-electron chi connectivity index (χ2n) is 4.66. The molecule has 2 amide bonds. The van der Waals surface area contributed by atoms with Gasteiger partial charge in [0.25, 0.3) is 0 Å². The van der Waals surface area contributed by atoms with Crippen molar-refractivity contribution >= 4 is 12.0 Å². The van der Waals surface area contributed by atoms with Gasteiger partial charge >= 0.3 is 12.0 Å². The molecule has 1 fully saturated rings. The molecule has 1 saturated carbocycles. The molecule has 0 saturated heterocycles. The molecule has 2 N–H and O–H groups in total. The second kappa shape index (κ2) is 5.73. The van der Waals surface area contributed by atoms with Crippen molar-refractivity contribution in [1.82, 2.24) is 10.6 Å². The summed E-state index contributed by atoms with van der Waals surface area (Å²) in [6, 6.07) is 9.67. The van der Waals surface area contributed by atoms with E-state index in [4.69, 9.17) is 0 Å². The molecule has 0 unspecified atom stereocenters. The molecule has 1 aromatic carbocycles. The number of rotatable bonds is 5. The minimum Gasteiger partial charge on any atom is -0.469 e. The van der Waals surface area contributed by atoms with Gasteiger partial charge in [-0.05, 0) is 18.4 Å². The van der Waals surface area contributed by atoms with E-state index in [1.807, 2.05) is 30.3 Å². The second-order valence-corrected chi connectivity index (χ2v) is 4.66. The van der Waals surface area contributed by atoms with E-state index in [9.17, 15) is 9.59 Å². The Morgan fingerprint density at radius 3 is 2.53 bits per heavy atom. The summed E-state index contributed by atoms with van der Waals surface area (Å²) in [5, 5.41) is 5.64. The molecule has 19 heavy (non-hydrogen) atoms. The molecular formula is C14H18N2O3. The number of carbonyl (C=O) groups is 2. The molecule has 2 rings (SSSR count). The van der Waals surface area contributed by atoms with Crippen molar-refractivity contribution in [2.75, 3.05) is 13.7 Å². The first-order valence-corrected chi connectivity index (χ1v) is 6.35. The van der Waals surface area contributed by atoms with Crippen LogP contribution in [0.4, 0.5) is 4.79 Å². The Bertz CT molecular complexity index is 455. The minimum absolute atomic E-state index is 0.183. The van der Waals surface area contributed by atoms with Gasteiger partial charge in [-0.1, -0.05) is 30.3 Å². The lowest BCUT2D eigenvalue weighted by atomic mass is 10.1. The molecule has 1 aliphatic rings. The predicted molar refractivity (Wildman–Crippen MR) is 70.5 cm³/mol. The van der Waals surface area contributed by atoms with Gasteiger partial charge in [0.1, 0.15) is 0 Å². The number of hydrogen-bond donors (Lipinski definition) is 2. The maximum Gasteiger partial charge on any atom is 0.315 e. The van der Waals surface area contributed by atoms with Crippen LogP contribution in [-0.4, -0.2) is 25.7 Å². The molecule has 5 heteroatoms. The summed E-state index contributed by atoms with van der Waals surface area (Å²) in [4.78, 5) is 22.7. The Morgan fingerprint density at radius 2 is 1.95 bits per heavy atom. The fraction of sp³-hybridized carbons (Fsp3) is 0.429. The molecule has 0 aliphatic heterocycles. The first-order valence-electron chi connectivity index (χ1n) is 6.35. The van der Waals surface area contributed by atoms with Crippen molar-refractivity contribution in [3.63, 3.8) is 0 Å². The van der Waals surface area contributed by atoms with Crippen molar-refractivity contribution in [2.24, 2.45) is 0 Å². The normalized spacial score (nSPS) is 15.4. The van der Waals surface area contributed by atoms with Crippen LogP contribution in [0.2, 0.25) is 0 Å². The van der Waals surface area contributed by atoms with Gasteiger partial charge in [-0.25, -0.2) is 4.79 Å². The van der Waals surface area contributed by atoms with E-state index >= 15 is 0 Å². The highest BCUT2D eigenvalue weighted by Crippen LogP contribution is 2.45. The van der Waals surface area contributed by atoms with Gasteiger partial charge in [-0.2, -0.15) is 0 Å². The minimum atomic E-state index is -0.329. The maximum atomic E-state index is 11.8. The lowest BCUT2D eigenvalue weighted by Crippen LogP contribution is -2.42. The summed E-state index contributed by atoms with van der Waals surface area (Å²) in [5.41, 5.74) is 0.898. The van der Waals surface area contributed by atoms with Gasteiger partial charge < -0.3 is 15.4 Å². The molecule has 0 atom stereocenters. The number of carbonyl (C=O) groups excluding carboxylic acids is 2. The van der Waals surface area contributed by atoms with E-state index in [2.05, 4.69) is 15.4 Å². The number of esters is 1. The third-order valence-electron chi connectivity index (χ3n) is 3.27. The first kappa shape index (κ1) is 13.4. The van der Waals surface area contributed by atoms with Gasteiger partial charge in [0.15, 0.2) is 0 Å². The Labute approximate surface area is 112 Å². The molecule has 1 aliphatic carbocycles. The van der Waals surface area contributed by atoms with Gasteiger partial charge in [-0.15, -0.1) is 0 Å². The quantitative estimate of drug-likeness (QED) is 0.791. The van der Waals surface area contributed by atoms with Gasteiger partial charge in [0.05, 0.1) is 19.1 Å². The number of methoxy groups -OCH3 is 1. The van der Waals surface area contributed by atoms with Crippen LogP contribution in [0, 0.1) is 0 Å². The maximum absolute atomic E-state index is 11.8. The Kier molecular flexibility index (Phi) is 4.04. The molecule has 0 spiro atoms. The van der Waals surface area contributed by atoms with Gasteiger partial charge in [0, 0.05) is 6.54 Å². The van der Waals surface area contributed by atoms with E-state index in [1.165, 1.54) is 7.11 Å². The monoisotopic (exact) mass is 262 g/mol. The molecule has 5 nitrogen and oxygen atoms in total. The van der Waals surface area contributed by atoms with E-state index in [0.717, 1.165) is 18.4 Å². The molecule has 0 heterocycles. The molecule has 1 aromatic rings. The van der Waals surface area contributed by atoms with Crippen LogP contribution in [-0.2, 0) is 15.1 Å². The van der Waals surface area contributed by atoms with E-state index < -0.39 is 0 Å². The standard InChI is InChI=1S/C14H18N2O3/c1-19-12(17)7-10-15-13(18)16-14(8-9-14)11-5-3-2-4-6-11/h2-6H,7-10H2,1H3,(H2,15,16,18). The van der Waals surface area contributed by atoms with Crippen molar-refractivity contribution in [3.05, 3.63) is 35.9 Å². The van der Waals surface area contributed by atoms with Crippen molar-refractivity contribution in [1.29, 1.82) is 0 Å². The number of hydrogen-bond acceptors (Lipinski definition) is 3.